The smallest absolute Gasteiger partial charge is 0.139 e. The van der Waals surface area contributed by atoms with E-state index in [2.05, 4.69) is 0 Å². The number of ether oxygens (including phenoxy) is 1. The maximum absolute atomic E-state index is 5.57. The van der Waals surface area contributed by atoms with Crippen molar-refractivity contribution in [3.63, 3.8) is 0 Å². The summed E-state index contributed by atoms with van der Waals surface area (Å²) in [4.78, 5) is 0. The number of hydrogen-bond acceptors (Lipinski definition) is 2. The lowest BCUT2D eigenvalue weighted by molar-refractivity contribution is 0.378. The second-order valence-electron chi connectivity index (χ2n) is 3.01. The lowest BCUT2D eigenvalue weighted by atomic mass is 10.2. The van der Waals surface area contributed by atoms with E-state index in [0.717, 1.165) is 23.3 Å². The van der Waals surface area contributed by atoms with Crippen LogP contribution in [0.25, 0.3) is 11.0 Å². The molecule has 1 fully saturated rings. The lowest BCUT2D eigenvalue weighted by Crippen LogP contribution is -1.69. The molecule has 0 N–H and O–H groups in total. The highest BCUT2D eigenvalue weighted by Gasteiger charge is 2.28. The first-order valence-electron chi connectivity index (χ1n) is 4.03. The Morgan fingerprint density at radius 1 is 1.25 bits per heavy atom. The van der Waals surface area contributed by atoms with Crippen LogP contribution in [0.3, 0.4) is 0 Å². The zero-order valence-corrected chi connectivity index (χ0v) is 6.49. The van der Waals surface area contributed by atoms with Gasteiger partial charge in [-0.25, -0.2) is 0 Å². The summed E-state index contributed by atoms with van der Waals surface area (Å²) in [6, 6.07) is 10.1. The minimum absolute atomic E-state index is 0.220. The summed E-state index contributed by atoms with van der Waals surface area (Å²) in [6.07, 6.45) is 0.220. The summed E-state index contributed by atoms with van der Waals surface area (Å²) >= 11 is 0. The molecule has 1 atom stereocenters. The monoisotopic (exact) mass is 160 g/mol. The molecule has 0 saturated carbocycles. The molecule has 1 aromatic carbocycles. The normalized spacial score (nSPS) is 21.5. The molecule has 0 amide bonds. The maximum Gasteiger partial charge on any atom is 0.139 e. The number of furan rings is 1. The van der Waals surface area contributed by atoms with Crippen LogP contribution in [-0.4, -0.2) is 6.61 Å². The Labute approximate surface area is 69.7 Å². The summed E-state index contributed by atoms with van der Waals surface area (Å²) in [7, 11) is 0. The van der Waals surface area contributed by atoms with Gasteiger partial charge in [0.05, 0.1) is 6.61 Å². The molecule has 0 bridgehead atoms. The minimum Gasteiger partial charge on any atom is -0.458 e. The van der Waals surface area contributed by atoms with E-state index in [1.807, 2.05) is 30.3 Å². The number of fused-ring (bicyclic) bond motifs is 1. The van der Waals surface area contributed by atoms with E-state index in [9.17, 15) is 0 Å². The molecule has 0 radical (unpaired) electrons. The molecule has 2 heterocycles. The van der Waals surface area contributed by atoms with Crippen molar-refractivity contribution in [1.82, 2.24) is 0 Å². The van der Waals surface area contributed by atoms with Gasteiger partial charge in [-0.05, 0) is 12.1 Å². The van der Waals surface area contributed by atoms with E-state index in [1.54, 1.807) is 0 Å². The van der Waals surface area contributed by atoms with Gasteiger partial charge in [0.15, 0.2) is 0 Å². The van der Waals surface area contributed by atoms with Gasteiger partial charge in [-0.15, -0.1) is 0 Å². The molecule has 2 heteroatoms. The molecule has 1 aliphatic heterocycles. The Hall–Kier alpha value is -1.28. The molecule has 1 saturated heterocycles. The summed E-state index contributed by atoms with van der Waals surface area (Å²) in [5, 5.41) is 1.16. The van der Waals surface area contributed by atoms with Crippen molar-refractivity contribution in [3.05, 3.63) is 36.1 Å². The standard InChI is InChI=1S/C10H8O2/c1-2-4-8-7(3-1)5-9(12-8)10-6-11-10/h1-5,10H,6H2. The van der Waals surface area contributed by atoms with Gasteiger partial charge in [0.1, 0.15) is 17.4 Å². The minimum atomic E-state index is 0.220. The third-order valence-corrected chi connectivity index (χ3v) is 2.10. The molecular formula is C10H8O2. The van der Waals surface area contributed by atoms with E-state index in [0.29, 0.717) is 0 Å². The van der Waals surface area contributed by atoms with Gasteiger partial charge < -0.3 is 9.15 Å². The first-order chi connectivity index (χ1) is 5.93. The molecule has 2 nitrogen and oxygen atoms in total. The predicted molar refractivity (Wildman–Crippen MR) is 44.9 cm³/mol. The van der Waals surface area contributed by atoms with Crippen LogP contribution in [-0.2, 0) is 4.74 Å². The average molecular weight is 160 g/mol. The molecule has 1 aromatic heterocycles. The number of epoxide rings is 1. The number of hydrogen-bond donors (Lipinski definition) is 0. The van der Waals surface area contributed by atoms with Gasteiger partial charge >= 0.3 is 0 Å². The molecule has 12 heavy (non-hydrogen) atoms. The zero-order chi connectivity index (χ0) is 7.97. The van der Waals surface area contributed by atoms with Crippen molar-refractivity contribution in [2.24, 2.45) is 0 Å². The van der Waals surface area contributed by atoms with Crippen LogP contribution < -0.4 is 0 Å². The van der Waals surface area contributed by atoms with E-state index >= 15 is 0 Å². The van der Waals surface area contributed by atoms with Crippen molar-refractivity contribution >= 4 is 11.0 Å². The SMILES string of the molecule is c1ccc2oc(C3CO3)cc2c1. The Balaban J connectivity index is 2.23. The van der Waals surface area contributed by atoms with Gasteiger partial charge in [0.25, 0.3) is 0 Å². The van der Waals surface area contributed by atoms with E-state index in [1.165, 1.54) is 0 Å². The molecule has 3 rings (SSSR count). The van der Waals surface area contributed by atoms with Crippen molar-refractivity contribution in [1.29, 1.82) is 0 Å². The quantitative estimate of drug-likeness (QED) is 0.599. The molecule has 0 aliphatic carbocycles. The molecular weight excluding hydrogens is 152 g/mol. The van der Waals surface area contributed by atoms with Crippen molar-refractivity contribution in [2.75, 3.05) is 6.61 Å². The first-order valence-corrected chi connectivity index (χ1v) is 4.03. The Kier molecular flexibility index (Phi) is 1.10. The highest BCUT2D eigenvalue weighted by Crippen LogP contribution is 2.33. The van der Waals surface area contributed by atoms with Crippen molar-refractivity contribution < 1.29 is 9.15 Å². The van der Waals surface area contributed by atoms with Crippen molar-refractivity contribution in [2.45, 2.75) is 6.10 Å². The van der Waals surface area contributed by atoms with Gasteiger partial charge in [-0.2, -0.15) is 0 Å². The van der Waals surface area contributed by atoms with E-state index < -0.39 is 0 Å². The van der Waals surface area contributed by atoms with Crippen LogP contribution in [0.1, 0.15) is 11.9 Å². The van der Waals surface area contributed by atoms with E-state index in [-0.39, 0.29) is 6.10 Å². The maximum atomic E-state index is 5.57. The average Bonchev–Trinajstić information content (AvgIpc) is 2.85. The Morgan fingerprint density at radius 3 is 2.83 bits per heavy atom. The number of para-hydroxylation sites is 1. The largest absolute Gasteiger partial charge is 0.458 e. The van der Waals surface area contributed by atoms with Gasteiger partial charge in [0.2, 0.25) is 0 Å². The summed E-state index contributed by atoms with van der Waals surface area (Å²) in [5.41, 5.74) is 0.947. The number of rotatable bonds is 1. The third kappa shape index (κ3) is 0.850. The fourth-order valence-electron chi connectivity index (χ4n) is 1.37. The van der Waals surface area contributed by atoms with Crippen LogP contribution in [0.2, 0.25) is 0 Å². The summed E-state index contributed by atoms with van der Waals surface area (Å²) < 4.78 is 10.7. The van der Waals surface area contributed by atoms with Crippen LogP contribution in [0.4, 0.5) is 0 Å². The lowest BCUT2D eigenvalue weighted by Gasteiger charge is -1.83. The Morgan fingerprint density at radius 2 is 2.08 bits per heavy atom. The second-order valence-corrected chi connectivity index (χ2v) is 3.01. The third-order valence-electron chi connectivity index (χ3n) is 2.10. The van der Waals surface area contributed by atoms with Gasteiger partial charge in [0, 0.05) is 5.39 Å². The molecule has 1 unspecified atom stereocenters. The predicted octanol–water partition coefficient (Wildman–Crippen LogP) is 2.50. The summed E-state index contributed by atoms with van der Waals surface area (Å²) in [6.45, 7) is 0.805. The molecule has 2 aromatic rings. The Bertz CT molecular complexity index is 379. The zero-order valence-electron chi connectivity index (χ0n) is 6.49. The van der Waals surface area contributed by atoms with Gasteiger partial charge in [-0.1, -0.05) is 18.2 Å². The van der Waals surface area contributed by atoms with Crippen LogP contribution >= 0.6 is 0 Å². The van der Waals surface area contributed by atoms with Crippen molar-refractivity contribution in [3.8, 4) is 0 Å². The number of benzene rings is 1. The summed E-state index contributed by atoms with van der Waals surface area (Å²) in [5.74, 6) is 0.955. The highest BCUT2D eigenvalue weighted by molar-refractivity contribution is 5.77. The molecule has 0 spiro atoms. The molecule has 60 valence electrons. The van der Waals surface area contributed by atoms with Crippen LogP contribution in [0.15, 0.2) is 34.7 Å². The molecule has 1 aliphatic rings. The second kappa shape index (κ2) is 2.11. The first kappa shape index (κ1) is 6.26. The fourth-order valence-corrected chi connectivity index (χ4v) is 1.37. The fraction of sp³-hybridized carbons (Fsp3) is 0.200. The van der Waals surface area contributed by atoms with Gasteiger partial charge in [-0.3, -0.25) is 0 Å². The van der Waals surface area contributed by atoms with Crippen LogP contribution in [0, 0.1) is 0 Å². The topological polar surface area (TPSA) is 25.7 Å². The van der Waals surface area contributed by atoms with Crippen LogP contribution in [0.5, 0.6) is 0 Å². The highest BCUT2D eigenvalue weighted by atomic mass is 16.6. The van der Waals surface area contributed by atoms with E-state index in [4.69, 9.17) is 9.15 Å².